The number of aromatic nitrogens is 4. The maximum atomic E-state index is 4.23. The van der Waals surface area contributed by atoms with E-state index in [1.54, 1.807) is 0 Å². The van der Waals surface area contributed by atoms with Gasteiger partial charge in [-0.1, -0.05) is 20.3 Å². The van der Waals surface area contributed by atoms with Crippen LogP contribution in [0.15, 0.2) is 0 Å². The van der Waals surface area contributed by atoms with Gasteiger partial charge in [-0.3, -0.25) is 4.90 Å². The van der Waals surface area contributed by atoms with E-state index >= 15 is 0 Å². The van der Waals surface area contributed by atoms with Crippen molar-refractivity contribution < 1.29 is 0 Å². The van der Waals surface area contributed by atoms with Crippen LogP contribution in [0.3, 0.4) is 0 Å². The minimum Gasteiger partial charge on any atom is -0.317 e. The molecular weight excluding hydrogens is 264 g/mol. The molecule has 0 saturated carbocycles. The van der Waals surface area contributed by atoms with E-state index < -0.39 is 0 Å². The molecule has 0 aliphatic carbocycles. The van der Waals surface area contributed by atoms with E-state index in [4.69, 9.17) is 0 Å². The standard InChI is InChI=1S/C15H30N6/c1-3-5-11-21-15(17-18-19-21)13-20(10-4-2)12-14-6-8-16-9-7-14/h14,16H,3-13H2,1-2H3. The van der Waals surface area contributed by atoms with Crippen molar-refractivity contribution in [2.75, 3.05) is 26.2 Å². The lowest BCUT2D eigenvalue weighted by molar-refractivity contribution is 0.192. The number of aryl methyl sites for hydroxylation is 1. The summed E-state index contributed by atoms with van der Waals surface area (Å²) in [7, 11) is 0. The van der Waals surface area contributed by atoms with E-state index in [0.717, 1.165) is 37.8 Å². The molecule has 2 heterocycles. The minimum absolute atomic E-state index is 0.817. The van der Waals surface area contributed by atoms with Crippen LogP contribution in [0.1, 0.15) is 51.8 Å². The first-order valence-corrected chi connectivity index (χ1v) is 8.51. The fraction of sp³-hybridized carbons (Fsp3) is 0.933. The third-order valence-corrected chi connectivity index (χ3v) is 4.21. The van der Waals surface area contributed by atoms with Crippen molar-refractivity contribution in [2.24, 2.45) is 5.92 Å². The van der Waals surface area contributed by atoms with Gasteiger partial charge in [0.05, 0.1) is 6.54 Å². The molecule has 1 aromatic rings. The Morgan fingerprint density at radius 2 is 2.05 bits per heavy atom. The monoisotopic (exact) mass is 294 g/mol. The molecule has 0 atom stereocenters. The molecule has 6 heteroatoms. The van der Waals surface area contributed by atoms with Gasteiger partial charge >= 0.3 is 0 Å². The summed E-state index contributed by atoms with van der Waals surface area (Å²) in [6.45, 7) is 10.9. The van der Waals surface area contributed by atoms with Gasteiger partial charge in [0.25, 0.3) is 0 Å². The van der Waals surface area contributed by atoms with Crippen LogP contribution in [0.2, 0.25) is 0 Å². The zero-order valence-corrected chi connectivity index (χ0v) is 13.6. The molecule has 0 radical (unpaired) electrons. The van der Waals surface area contributed by atoms with Crippen LogP contribution in [0.25, 0.3) is 0 Å². The van der Waals surface area contributed by atoms with Crippen molar-refractivity contribution in [1.82, 2.24) is 30.4 Å². The molecule has 0 spiro atoms. The largest absolute Gasteiger partial charge is 0.317 e. The number of rotatable bonds is 9. The molecule has 1 aliphatic heterocycles. The maximum absolute atomic E-state index is 4.23. The Labute approximate surface area is 128 Å². The van der Waals surface area contributed by atoms with Gasteiger partial charge in [-0.15, -0.1) is 5.10 Å². The number of nitrogens with one attached hydrogen (secondary N) is 1. The van der Waals surface area contributed by atoms with Crippen LogP contribution in [0.5, 0.6) is 0 Å². The normalized spacial score (nSPS) is 16.7. The average Bonchev–Trinajstić information content (AvgIpc) is 2.93. The number of unbranched alkanes of at least 4 members (excludes halogenated alkanes) is 1. The topological polar surface area (TPSA) is 58.9 Å². The highest BCUT2D eigenvalue weighted by atomic mass is 15.5. The molecular formula is C15H30N6. The Morgan fingerprint density at radius 3 is 2.76 bits per heavy atom. The van der Waals surface area contributed by atoms with E-state index in [2.05, 4.69) is 39.6 Å². The number of hydrogen-bond donors (Lipinski definition) is 1. The first-order chi connectivity index (χ1) is 10.3. The fourth-order valence-corrected chi connectivity index (χ4v) is 3.00. The highest BCUT2D eigenvalue weighted by Gasteiger charge is 2.18. The predicted octanol–water partition coefficient (Wildman–Crippen LogP) is 1.68. The summed E-state index contributed by atoms with van der Waals surface area (Å²) in [5.41, 5.74) is 0. The van der Waals surface area contributed by atoms with Crippen molar-refractivity contribution in [3.8, 4) is 0 Å². The molecule has 0 amide bonds. The lowest BCUT2D eigenvalue weighted by Gasteiger charge is -2.29. The van der Waals surface area contributed by atoms with Gasteiger partial charge in [0.1, 0.15) is 0 Å². The van der Waals surface area contributed by atoms with Crippen LogP contribution in [0.4, 0.5) is 0 Å². The van der Waals surface area contributed by atoms with Crippen LogP contribution >= 0.6 is 0 Å². The van der Waals surface area contributed by atoms with Gasteiger partial charge in [-0.05, 0) is 61.7 Å². The van der Waals surface area contributed by atoms with Gasteiger partial charge < -0.3 is 5.32 Å². The van der Waals surface area contributed by atoms with Crippen molar-refractivity contribution in [3.05, 3.63) is 5.82 Å². The molecule has 1 N–H and O–H groups in total. The van der Waals surface area contributed by atoms with Crippen molar-refractivity contribution in [3.63, 3.8) is 0 Å². The molecule has 0 bridgehead atoms. The van der Waals surface area contributed by atoms with E-state index in [9.17, 15) is 0 Å². The molecule has 1 fully saturated rings. The van der Waals surface area contributed by atoms with Crippen molar-refractivity contribution >= 4 is 0 Å². The summed E-state index contributed by atoms with van der Waals surface area (Å²) in [4.78, 5) is 2.53. The Morgan fingerprint density at radius 1 is 1.24 bits per heavy atom. The molecule has 0 aromatic carbocycles. The van der Waals surface area contributed by atoms with E-state index in [1.165, 1.54) is 45.3 Å². The first-order valence-electron chi connectivity index (χ1n) is 8.51. The third-order valence-electron chi connectivity index (χ3n) is 4.21. The van der Waals surface area contributed by atoms with Crippen LogP contribution in [-0.2, 0) is 13.1 Å². The summed E-state index contributed by atoms with van der Waals surface area (Å²) >= 11 is 0. The molecule has 2 rings (SSSR count). The van der Waals surface area contributed by atoms with Crippen molar-refractivity contribution in [2.45, 2.75) is 59.0 Å². The average molecular weight is 294 g/mol. The van der Waals surface area contributed by atoms with Gasteiger partial charge in [0.2, 0.25) is 0 Å². The second kappa shape index (κ2) is 9.10. The zero-order valence-electron chi connectivity index (χ0n) is 13.6. The lowest BCUT2D eigenvalue weighted by atomic mass is 9.97. The maximum Gasteiger partial charge on any atom is 0.165 e. The van der Waals surface area contributed by atoms with Crippen LogP contribution in [0, 0.1) is 5.92 Å². The Kier molecular flexibility index (Phi) is 7.09. The molecule has 6 nitrogen and oxygen atoms in total. The third kappa shape index (κ3) is 5.36. The minimum atomic E-state index is 0.817. The van der Waals surface area contributed by atoms with Crippen molar-refractivity contribution in [1.29, 1.82) is 0 Å². The van der Waals surface area contributed by atoms with Gasteiger partial charge in [0.15, 0.2) is 5.82 Å². The van der Waals surface area contributed by atoms with Gasteiger partial charge in [0, 0.05) is 13.1 Å². The summed E-state index contributed by atoms with van der Waals surface area (Å²) < 4.78 is 1.98. The highest BCUT2D eigenvalue weighted by Crippen LogP contribution is 2.15. The van der Waals surface area contributed by atoms with Crippen LogP contribution < -0.4 is 5.32 Å². The number of piperidine rings is 1. The molecule has 1 saturated heterocycles. The second-order valence-electron chi connectivity index (χ2n) is 6.10. The summed E-state index contributed by atoms with van der Waals surface area (Å²) in [5, 5.41) is 15.7. The summed E-state index contributed by atoms with van der Waals surface area (Å²) in [5.74, 6) is 1.84. The Bertz CT molecular complexity index is 385. The second-order valence-corrected chi connectivity index (χ2v) is 6.10. The van der Waals surface area contributed by atoms with Gasteiger partial charge in [-0.25, -0.2) is 4.68 Å². The summed E-state index contributed by atoms with van der Waals surface area (Å²) in [6.07, 6.45) is 6.08. The quantitative estimate of drug-likeness (QED) is 0.751. The number of tetrazole rings is 1. The highest BCUT2D eigenvalue weighted by molar-refractivity contribution is 4.83. The Hall–Kier alpha value is -1.01. The van der Waals surface area contributed by atoms with E-state index in [0.29, 0.717) is 0 Å². The number of hydrogen-bond acceptors (Lipinski definition) is 5. The molecule has 1 aliphatic rings. The summed E-state index contributed by atoms with van der Waals surface area (Å²) in [6, 6.07) is 0. The number of nitrogens with zero attached hydrogens (tertiary/aromatic N) is 5. The fourth-order valence-electron chi connectivity index (χ4n) is 3.00. The van der Waals surface area contributed by atoms with E-state index in [-0.39, 0.29) is 0 Å². The first kappa shape index (κ1) is 16.4. The van der Waals surface area contributed by atoms with Crippen LogP contribution in [-0.4, -0.2) is 51.3 Å². The van der Waals surface area contributed by atoms with E-state index in [1.807, 2.05) is 4.68 Å². The zero-order chi connectivity index (χ0) is 14.9. The molecule has 1 aromatic heterocycles. The van der Waals surface area contributed by atoms with Gasteiger partial charge in [-0.2, -0.15) is 0 Å². The molecule has 21 heavy (non-hydrogen) atoms. The lowest BCUT2D eigenvalue weighted by Crippen LogP contribution is -2.36. The molecule has 120 valence electrons. The Balaban J connectivity index is 1.90. The SMILES string of the molecule is CCCCn1nnnc1CN(CCC)CC1CCNCC1. The predicted molar refractivity (Wildman–Crippen MR) is 83.9 cm³/mol. The molecule has 0 unspecified atom stereocenters. The smallest absolute Gasteiger partial charge is 0.165 e.